The minimum atomic E-state index is -4.80. The molecule has 1 N–H and O–H groups in total. The Bertz CT molecular complexity index is 487. The molecule has 0 amide bonds. The minimum Gasteiger partial charge on any atom is -0.399 e. The van der Waals surface area contributed by atoms with E-state index in [2.05, 4.69) is 4.74 Å². The quantitative estimate of drug-likeness (QED) is 0.370. The normalized spacial score (nSPS) is 11.2. The third-order valence-corrected chi connectivity index (χ3v) is 2.31. The number of benzene rings is 1. The molecule has 1 aromatic rings. The molecule has 98 valence electrons. The van der Waals surface area contributed by atoms with Gasteiger partial charge in [-0.25, -0.2) is 9.18 Å². The van der Waals surface area contributed by atoms with Crippen molar-refractivity contribution < 1.29 is 27.1 Å². The molecule has 0 aliphatic heterocycles. The number of hydrogen-bond donors (Lipinski definition) is 1. The Balaban J connectivity index is 2.98. The van der Waals surface area contributed by atoms with Crippen molar-refractivity contribution in [2.45, 2.75) is 6.18 Å². The lowest BCUT2D eigenvalue weighted by Crippen LogP contribution is -2.12. The van der Waals surface area contributed by atoms with Gasteiger partial charge in [0.1, 0.15) is 5.82 Å². The largest absolute Gasteiger partial charge is 0.419 e. The van der Waals surface area contributed by atoms with Crippen molar-refractivity contribution in [3.05, 3.63) is 35.1 Å². The van der Waals surface area contributed by atoms with Crippen molar-refractivity contribution >= 4 is 23.0 Å². The van der Waals surface area contributed by atoms with Crippen LogP contribution in [0, 0.1) is 11.2 Å². The molecule has 0 aliphatic rings. The molecular formula is C10H7F4NO2S. The van der Waals surface area contributed by atoms with Crippen LogP contribution in [0.15, 0.2) is 18.2 Å². The van der Waals surface area contributed by atoms with Crippen molar-refractivity contribution in [3.8, 4) is 0 Å². The van der Waals surface area contributed by atoms with E-state index in [0.717, 1.165) is 6.07 Å². The van der Waals surface area contributed by atoms with Gasteiger partial charge in [0, 0.05) is 5.56 Å². The molecule has 0 aromatic heterocycles. The second kappa shape index (κ2) is 5.38. The molecule has 0 saturated carbocycles. The van der Waals surface area contributed by atoms with Crippen LogP contribution >= 0.6 is 11.8 Å². The summed E-state index contributed by atoms with van der Waals surface area (Å²) < 4.78 is 54.4. The van der Waals surface area contributed by atoms with Gasteiger partial charge in [0.15, 0.2) is 0 Å². The van der Waals surface area contributed by atoms with Gasteiger partial charge < -0.3 is 4.74 Å². The van der Waals surface area contributed by atoms with E-state index in [9.17, 15) is 22.4 Å². The highest BCUT2D eigenvalue weighted by Gasteiger charge is 2.34. The van der Waals surface area contributed by atoms with Gasteiger partial charge in [-0.2, -0.15) is 13.2 Å². The lowest BCUT2D eigenvalue weighted by atomic mass is 10.1. The molecule has 0 radical (unpaired) electrons. The molecule has 0 atom stereocenters. The van der Waals surface area contributed by atoms with Crippen LogP contribution in [0.1, 0.15) is 11.1 Å². The average molecular weight is 281 g/mol. The Morgan fingerprint density at radius 2 is 2.00 bits per heavy atom. The number of rotatable bonds is 1. The van der Waals surface area contributed by atoms with Gasteiger partial charge >= 0.3 is 11.5 Å². The van der Waals surface area contributed by atoms with Crippen LogP contribution in [0.5, 0.6) is 0 Å². The van der Waals surface area contributed by atoms with Crippen LogP contribution in [0.2, 0.25) is 0 Å². The fourth-order valence-corrected chi connectivity index (χ4v) is 1.24. The van der Waals surface area contributed by atoms with E-state index in [-0.39, 0.29) is 5.56 Å². The van der Waals surface area contributed by atoms with Gasteiger partial charge in [-0.1, -0.05) is 0 Å². The lowest BCUT2D eigenvalue weighted by molar-refractivity contribution is -0.140. The first kappa shape index (κ1) is 14.5. The predicted molar refractivity (Wildman–Crippen MR) is 58.2 cm³/mol. The standard InChI is InChI=1S/C10H7F4NO2S/c1-18-9(16)17-8(15)5-2-3-6(7(11)4-5)10(12,13)14/h2-4,15H,1H3. The molecule has 0 saturated heterocycles. The number of hydrogen-bond acceptors (Lipinski definition) is 4. The van der Waals surface area contributed by atoms with Gasteiger partial charge in [-0.15, -0.1) is 0 Å². The second-order valence-electron chi connectivity index (χ2n) is 3.08. The number of nitrogens with one attached hydrogen (secondary N) is 1. The third-order valence-electron chi connectivity index (χ3n) is 1.89. The highest BCUT2D eigenvalue weighted by atomic mass is 32.2. The zero-order valence-corrected chi connectivity index (χ0v) is 9.79. The number of thioether (sulfide) groups is 1. The van der Waals surface area contributed by atoms with E-state index in [1.54, 1.807) is 0 Å². The third kappa shape index (κ3) is 3.46. The minimum absolute atomic E-state index is 0.247. The van der Waals surface area contributed by atoms with E-state index in [0.29, 0.717) is 23.9 Å². The van der Waals surface area contributed by atoms with Crippen LogP contribution in [0.3, 0.4) is 0 Å². The fourth-order valence-electron chi connectivity index (χ4n) is 1.07. The first-order valence-electron chi connectivity index (χ1n) is 4.47. The fraction of sp³-hybridized carbons (Fsp3) is 0.200. The van der Waals surface area contributed by atoms with Gasteiger partial charge in [-0.05, 0) is 36.2 Å². The molecule has 18 heavy (non-hydrogen) atoms. The number of ether oxygens (including phenoxy) is 1. The Morgan fingerprint density at radius 1 is 1.39 bits per heavy atom. The monoisotopic (exact) mass is 281 g/mol. The summed E-state index contributed by atoms with van der Waals surface area (Å²) in [4.78, 5) is 10.8. The Kier molecular flexibility index (Phi) is 4.33. The van der Waals surface area contributed by atoms with E-state index in [1.165, 1.54) is 6.26 Å². The van der Waals surface area contributed by atoms with Crippen LogP contribution in [-0.4, -0.2) is 17.5 Å². The molecule has 3 nitrogen and oxygen atoms in total. The first-order valence-corrected chi connectivity index (χ1v) is 5.69. The highest BCUT2D eigenvalue weighted by Crippen LogP contribution is 2.31. The summed E-state index contributed by atoms with van der Waals surface area (Å²) in [5.41, 5.74) is -1.68. The van der Waals surface area contributed by atoms with E-state index in [1.807, 2.05) is 0 Å². The molecule has 8 heteroatoms. The summed E-state index contributed by atoms with van der Waals surface area (Å²) >= 11 is 0.684. The van der Waals surface area contributed by atoms with Gasteiger partial charge in [0.2, 0.25) is 5.90 Å². The van der Waals surface area contributed by atoms with E-state index in [4.69, 9.17) is 5.41 Å². The van der Waals surface area contributed by atoms with Crippen molar-refractivity contribution in [2.24, 2.45) is 0 Å². The number of alkyl halides is 3. The number of halogens is 4. The topological polar surface area (TPSA) is 50.2 Å². The van der Waals surface area contributed by atoms with Crippen molar-refractivity contribution in [1.82, 2.24) is 0 Å². The Hall–Kier alpha value is -1.57. The van der Waals surface area contributed by atoms with E-state index < -0.39 is 28.8 Å². The smallest absolute Gasteiger partial charge is 0.399 e. The maximum absolute atomic E-state index is 13.2. The molecule has 0 bridgehead atoms. The molecule has 0 unspecified atom stereocenters. The van der Waals surface area contributed by atoms with Crippen LogP contribution in [0.4, 0.5) is 22.4 Å². The SMILES string of the molecule is CSC(=O)OC(=N)c1ccc(C(F)(F)F)c(F)c1. The van der Waals surface area contributed by atoms with Crippen LogP contribution in [-0.2, 0) is 10.9 Å². The molecule has 0 heterocycles. The van der Waals surface area contributed by atoms with Crippen molar-refractivity contribution in [3.63, 3.8) is 0 Å². The maximum Gasteiger partial charge on any atom is 0.419 e. The summed E-state index contributed by atoms with van der Waals surface area (Å²) in [6.07, 6.45) is -3.40. The summed E-state index contributed by atoms with van der Waals surface area (Å²) in [7, 11) is 0. The molecule has 0 spiro atoms. The average Bonchev–Trinajstić information content (AvgIpc) is 2.26. The van der Waals surface area contributed by atoms with Gasteiger partial charge in [0.05, 0.1) is 5.56 Å². The predicted octanol–water partition coefficient (Wildman–Crippen LogP) is 3.67. The molecule has 1 aromatic carbocycles. The highest BCUT2D eigenvalue weighted by molar-refractivity contribution is 8.12. The summed E-state index contributed by atoms with van der Waals surface area (Å²) in [6.45, 7) is 0. The number of carbonyl (C=O) groups is 1. The summed E-state index contributed by atoms with van der Waals surface area (Å²) in [5.74, 6) is -2.23. The van der Waals surface area contributed by atoms with Crippen molar-refractivity contribution in [2.75, 3.05) is 6.26 Å². The maximum atomic E-state index is 13.2. The van der Waals surface area contributed by atoms with Crippen LogP contribution < -0.4 is 0 Å². The molecule has 1 rings (SSSR count). The Morgan fingerprint density at radius 3 is 2.44 bits per heavy atom. The summed E-state index contributed by atoms with van der Waals surface area (Å²) in [6, 6.07) is 1.85. The second-order valence-corrected chi connectivity index (χ2v) is 3.82. The number of carbonyl (C=O) groups excluding carboxylic acids is 1. The molecule has 0 aliphatic carbocycles. The van der Waals surface area contributed by atoms with Gasteiger partial charge in [0.25, 0.3) is 0 Å². The zero-order valence-electron chi connectivity index (χ0n) is 8.97. The molecule has 0 fully saturated rings. The van der Waals surface area contributed by atoms with Crippen molar-refractivity contribution in [1.29, 1.82) is 5.41 Å². The van der Waals surface area contributed by atoms with E-state index >= 15 is 0 Å². The van der Waals surface area contributed by atoms with Crippen LogP contribution in [0.25, 0.3) is 0 Å². The Labute approximate surface area is 104 Å². The first-order chi connectivity index (χ1) is 8.25. The summed E-state index contributed by atoms with van der Waals surface area (Å²) in [5, 5.41) is 6.48. The zero-order chi connectivity index (χ0) is 13.9. The molecular weight excluding hydrogens is 274 g/mol. The van der Waals surface area contributed by atoms with Gasteiger partial charge in [-0.3, -0.25) is 5.41 Å². The lowest BCUT2D eigenvalue weighted by Gasteiger charge is -2.09.